The molecular weight excluding hydrogens is 479 g/mol. The second-order valence-electron chi connectivity index (χ2n) is 7.64. The number of aromatic nitrogens is 5. The highest BCUT2D eigenvalue weighted by molar-refractivity contribution is 9.10. The number of hydrogen-bond acceptors (Lipinski definition) is 6. The molecule has 1 N–H and O–H groups in total. The molecule has 2 aromatic heterocycles. The van der Waals surface area contributed by atoms with E-state index in [1.165, 1.54) is 12.1 Å². The molecule has 10 heteroatoms. The Kier molecular flexibility index (Phi) is 5.30. The molecule has 0 bridgehead atoms. The molecule has 1 atom stereocenters. The van der Waals surface area contributed by atoms with Gasteiger partial charge < -0.3 is 9.84 Å². The van der Waals surface area contributed by atoms with Crippen LogP contribution in [-0.4, -0.2) is 31.0 Å². The number of carbonyl (C=O) groups is 1. The fraction of sp³-hybridized carbons (Fsp3) is 0.227. The summed E-state index contributed by atoms with van der Waals surface area (Å²) in [5.41, 5.74) is 2.55. The van der Waals surface area contributed by atoms with Gasteiger partial charge in [-0.15, -0.1) is 5.10 Å². The molecule has 2 aromatic carbocycles. The van der Waals surface area contributed by atoms with Crippen LogP contribution >= 0.6 is 15.9 Å². The fourth-order valence-corrected chi connectivity index (χ4v) is 3.67. The molecule has 2 heterocycles. The molecule has 162 valence electrons. The number of nitrogens with one attached hydrogen (secondary N) is 1. The van der Waals surface area contributed by atoms with Gasteiger partial charge in [-0.05, 0) is 68.3 Å². The summed E-state index contributed by atoms with van der Waals surface area (Å²) in [5, 5.41) is 15.2. The zero-order chi connectivity index (χ0) is 22.2. The standard InChI is InChI=1S/C22H18BrFN6O2/c1-12(22-26-20(28-32-22)14-4-8-16(24)9-5-14)25-21(31)18-19(13-2-3-13)30(29-27-18)17-10-6-15(23)7-11-17/h4-13H,2-3H2,1H3,(H,25,31). The molecule has 4 aromatic rings. The van der Waals surface area contributed by atoms with Gasteiger partial charge in [0, 0.05) is 16.0 Å². The number of nitrogens with zero attached hydrogens (tertiary/aromatic N) is 5. The molecule has 8 nitrogen and oxygen atoms in total. The second kappa shape index (κ2) is 8.27. The third kappa shape index (κ3) is 4.05. The van der Waals surface area contributed by atoms with Crippen molar-refractivity contribution in [3.05, 3.63) is 76.1 Å². The van der Waals surface area contributed by atoms with Gasteiger partial charge in [0.1, 0.15) is 11.9 Å². The normalized spacial score (nSPS) is 14.3. The lowest BCUT2D eigenvalue weighted by molar-refractivity contribution is 0.0926. The first kappa shape index (κ1) is 20.5. The highest BCUT2D eigenvalue weighted by Gasteiger charge is 2.35. The van der Waals surface area contributed by atoms with E-state index in [1.807, 2.05) is 24.3 Å². The van der Waals surface area contributed by atoms with Crippen LogP contribution in [0.1, 0.15) is 53.8 Å². The van der Waals surface area contributed by atoms with E-state index in [0.29, 0.717) is 17.1 Å². The molecule has 0 aliphatic heterocycles. The Labute approximate surface area is 191 Å². The molecule has 1 fully saturated rings. The van der Waals surface area contributed by atoms with Crippen LogP contribution < -0.4 is 5.32 Å². The molecule has 1 amide bonds. The molecule has 5 rings (SSSR count). The Hall–Kier alpha value is -3.40. The number of benzene rings is 2. The molecule has 0 saturated heterocycles. The van der Waals surface area contributed by atoms with Crippen molar-refractivity contribution in [3.8, 4) is 17.1 Å². The van der Waals surface area contributed by atoms with E-state index in [1.54, 1.807) is 23.7 Å². The van der Waals surface area contributed by atoms with Gasteiger partial charge in [-0.1, -0.05) is 26.3 Å². The van der Waals surface area contributed by atoms with Gasteiger partial charge in [-0.3, -0.25) is 4.79 Å². The monoisotopic (exact) mass is 496 g/mol. The fourth-order valence-electron chi connectivity index (χ4n) is 3.40. The largest absolute Gasteiger partial charge is 0.339 e. The maximum Gasteiger partial charge on any atom is 0.274 e. The average Bonchev–Trinajstić information content (AvgIpc) is 3.33. The van der Waals surface area contributed by atoms with E-state index >= 15 is 0 Å². The van der Waals surface area contributed by atoms with Crippen molar-refractivity contribution in [2.75, 3.05) is 0 Å². The minimum absolute atomic E-state index is 0.242. The smallest absolute Gasteiger partial charge is 0.274 e. The summed E-state index contributed by atoms with van der Waals surface area (Å²) in [5.74, 6) is 0.107. The van der Waals surface area contributed by atoms with Gasteiger partial charge in [0.2, 0.25) is 11.7 Å². The molecule has 32 heavy (non-hydrogen) atoms. The zero-order valence-electron chi connectivity index (χ0n) is 17.0. The topological polar surface area (TPSA) is 98.7 Å². The van der Waals surface area contributed by atoms with Crippen molar-refractivity contribution in [1.82, 2.24) is 30.5 Å². The highest BCUT2D eigenvalue weighted by Crippen LogP contribution is 2.42. The van der Waals surface area contributed by atoms with Gasteiger partial charge >= 0.3 is 0 Å². The lowest BCUT2D eigenvalue weighted by atomic mass is 10.2. The van der Waals surface area contributed by atoms with E-state index in [4.69, 9.17) is 4.52 Å². The van der Waals surface area contributed by atoms with Crippen molar-refractivity contribution in [2.45, 2.75) is 31.7 Å². The maximum atomic E-state index is 13.1. The summed E-state index contributed by atoms with van der Waals surface area (Å²) in [6, 6.07) is 12.9. The molecular formula is C22H18BrFN6O2. The Bertz CT molecular complexity index is 1260. The summed E-state index contributed by atoms with van der Waals surface area (Å²) in [6.07, 6.45) is 1.98. The maximum absolute atomic E-state index is 13.1. The summed E-state index contributed by atoms with van der Waals surface area (Å²) < 4.78 is 21.1. The van der Waals surface area contributed by atoms with E-state index in [-0.39, 0.29) is 23.5 Å². The lowest BCUT2D eigenvalue weighted by Crippen LogP contribution is -2.28. The van der Waals surface area contributed by atoms with Crippen LogP contribution in [0.4, 0.5) is 4.39 Å². The number of amides is 1. The van der Waals surface area contributed by atoms with Crippen LogP contribution in [-0.2, 0) is 0 Å². The number of hydrogen-bond donors (Lipinski definition) is 1. The third-order valence-electron chi connectivity index (χ3n) is 5.22. The molecule has 1 aliphatic rings. The molecule has 1 aliphatic carbocycles. The van der Waals surface area contributed by atoms with Crippen LogP contribution in [0.25, 0.3) is 17.1 Å². The SMILES string of the molecule is CC(NC(=O)c1nnn(-c2ccc(Br)cc2)c1C1CC1)c1nc(-c2ccc(F)cc2)no1. The molecule has 0 spiro atoms. The lowest BCUT2D eigenvalue weighted by Gasteiger charge is -2.10. The second-order valence-corrected chi connectivity index (χ2v) is 8.56. The highest BCUT2D eigenvalue weighted by atomic mass is 79.9. The first-order valence-electron chi connectivity index (χ1n) is 10.1. The van der Waals surface area contributed by atoms with Crippen molar-refractivity contribution in [1.29, 1.82) is 0 Å². The quantitative estimate of drug-likeness (QED) is 0.419. The van der Waals surface area contributed by atoms with E-state index in [0.717, 1.165) is 28.7 Å². The third-order valence-corrected chi connectivity index (χ3v) is 5.75. The zero-order valence-corrected chi connectivity index (χ0v) is 18.6. The Morgan fingerprint density at radius 1 is 1.19 bits per heavy atom. The van der Waals surface area contributed by atoms with Crippen molar-refractivity contribution >= 4 is 21.8 Å². The van der Waals surface area contributed by atoms with Gasteiger partial charge in [-0.25, -0.2) is 9.07 Å². The summed E-state index contributed by atoms with van der Waals surface area (Å²) in [6.45, 7) is 1.75. The van der Waals surface area contributed by atoms with Gasteiger partial charge in [0.25, 0.3) is 5.91 Å². The van der Waals surface area contributed by atoms with Crippen molar-refractivity contribution in [2.24, 2.45) is 0 Å². The average molecular weight is 497 g/mol. The summed E-state index contributed by atoms with van der Waals surface area (Å²) in [7, 11) is 0. The van der Waals surface area contributed by atoms with Gasteiger partial charge in [0.05, 0.1) is 11.4 Å². The number of rotatable bonds is 6. The first-order valence-corrected chi connectivity index (χ1v) is 10.9. The number of halogens is 2. The van der Waals surface area contributed by atoms with E-state index < -0.39 is 6.04 Å². The minimum atomic E-state index is -0.547. The molecule has 1 saturated carbocycles. The molecule has 0 radical (unpaired) electrons. The van der Waals surface area contributed by atoms with Crippen LogP contribution in [0.5, 0.6) is 0 Å². The Morgan fingerprint density at radius 2 is 1.91 bits per heavy atom. The molecule has 1 unspecified atom stereocenters. The van der Waals surface area contributed by atoms with Crippen molar-refractivity contribution in [3.63, 3.8) is 0 Å². The Balaban J connectivity index is 1.36. The predicted octanol–water partition coefficient (Wildman–Crippen LogP) is 4.59. The predicted molar refractivity (Wildman–Crippen MR) is 117 cm³/mol. The summed E-state index contributed by atoms with van der Waals surface area (Å²) >= 11 is 3.43. The van der Waals surface area contributed by atoms with Gasteiger partial charge in [-0.2, -0.15) is 4.98 Å². The van der Waals surface area contributed by atoms with Crippen LogP contribution in [0.2, 0.25) is 0 Å². The van der Waals surface area contributed by atoms with Crippen molar-refractivity contribution < 1.29 is 13.7 Å². The van der Waals surface area contributed by atoms with E-state index in [2.05, 4.69) is 41.7 Å². The van der Waals surface area contributed by atoms with Crippen LogP contribution in [0.15, 0.2) is 57.5 Å². The minimum Gasteiger partial charge on any atom is -0.339 e. The Morgan fingerprint density at radius 3 is 2.59 bits per heavy atom. The van der Waals surface area contributed by atoms with Crippen LogP contribution in [0.3, 0.4) is 0 Å². The first-order chi connectivity index (χ1) is 15.5. The van der Waals surface area contributed by atoms with E-state index in [9.17, 15) is 9.18 Å². The van der Waals surface area contributed by atoms with Gasteiger partial charge in [0.15, 0.2) is 5.69 Å². The summed E-state index contributed by atoms with van der Waals surface area (Å²) in [4.78, 5) is 17.4. The number of carbonyl (C=O) groups excluding carboxylic acids is 1. The van der Waals surface area contributed by atoms with Crippen LogP contribution in [0, 0.1) is 5.82 Å².